The van der Waals surface area contributed by atoms with Gasteiger partial charge in [-0.1, -0.05) is 35.9 Å². The molecule has 0 heterocycles. The molecule has 0 saturated heterocycles. The van der Waals surface area contributed by atoms with Crippen molar-refractivity contribution in [3.8, 4) is 0 Å². The van der Waals surface area contributed by atoms with Crippen LogP contribution >= 0.6 is 11.6 Å². The lowest BCUT2D eigenvalue weighted by Gasteiger charge is -2.22. The van der Waals surface area contributed by atoms with Crippen LogP contribution in [0.2, 0.25) is 5.02 Å². The molecule has 0 bridgehead atoms. The van der Waals surface area contributed by atoms with Gasteiger partial charge in [0.2, 0.25) is 15.9 Å². The van der Waals surface area contributed by atoms with E-state index >= 15 is 0 Å². The normalized spacial score (nSPS) is 10.8. The highest BCUT2D eigenvalue weighted by Crippen LogP contribution is 2.22. The van der Waals surface area contributed by atoms with Crippen molar-refractivity contribution < 1.29 is 18.0 Å². The van der Waals surface area contributed by atoms with E-state index in [0.717, 1.165) is 10.6 Å². The van der Waals surface area contributed by atoms with Crippen LogP contribution in [0, 0.1) is 0 Å². The highest BCUT2D eigenvalue weighted by molar-refractivity contribution is 7.92. The zero-order valence-electron chi connectivity index (χ0n) is 15.2. The maximum absolute atomic E-state index is 12.5. The zero-order valence-corrected chi connectivity index (χ0v) is 16.8. The second kappa shape index (κ2) is 9.38. The monoisotopic (exact) mass is 421 g/mol. The van der Waals surface area contributed by atoms with E-state index in [1.54, 1.807) is 36.4 Å². The Morgan fingerprint density at radius 3 is 2.54 bits per heavy atom. The summed E-state index contributed by atoms with van der Waals surface area (Å²) in [6, 6.07) is 12.6. The fourth-order valence-electron chi connectivity index (χ4n) is 2.40. The van der Waals surface area contributed by atoms with E-state index in [1.807, 2.05) is 0 Å². The van der Waals surface area contributed by atoms with Gasteiger partial charge in [0, 0.05) is 11.6 Å². The van der Waals surface area contributed by atoms with Gasteiger partial charge in [0.1, 0.15) is 6.54 Å². The van der Waals surface area contributed by atoms with Crippen LogP contribution in [0.15, 0.2) is 61.2 Å². The number of rotatable bonds is 8. The third-order valence-corrected chi connectivity index (χ3v) is 5.01. The molecule has 0 aliphatic carbocycles. The minimum absolute atomic E-state index is 0.256. The van der Waals surface area contributed by atoms with Gasteiger partial charge in [-0.25, -0.2) is 8.42 Å². The maximum Gasteiger partial charge on any atom is 0.253 e. The summed E-state index contributed by atoms with van der Waals surface area (Å²) in [6.45, 7) is 3.34. The smallest absolute Gasteiger partial charge is 0.253 e. The number of carbonyl (C=O) groups excluding carboxylic acids is 2. The van der Waals surface area contributed by atoms with Gasteiger partial charge in [-0.15, -0.1) is 6.58 Å². The van der Waals surface area contributed by atoms with Crippen molar-refractivity contribution in [2.24, 2.45) is 0 Å². The summed E-state index contributed by atoms with van der Waals surface area (Å²) in [4.78, 5) is 24.7. The standard InChI is InChI=1S/C19H20ClN3O4S/c1-3-11-21-19(25)16-9-4-5-10-17(16)22-18(24)13-23(28(2,26)27)15-8-6-7-14(20)12-15/h3-10,12H,1,11,13H2,2H3,(H,21,25)(H,22,24). The molecule has 9 heteroatoms. The van der Waals surface area contributed by atoms with Crippen molar-refractivity contribution >= 4 is 44.8 Å². The number of halogens is 1. The van der Waals surface area contributed by atoms with Gasteiger partial charge in [0.25, 0.3) is 5.91 Å². The highest BCUT2D eigenvalue weighted by Gasteiger charge is 2.22. The number of benzene rings is 2. The van der Waals surface area contributed by atoms with Crippen LogP contribution in [0.4, 0.5) is 11.4 Å². The summed E-state index contributed by atoms with van der Waals surface area (Å²) in [5, 5.41) is 5.56. The van der Waals surface area contributed by atoms with Gasteiger partial charge in [-0.2, -0.15) is 0 Å². The van der Waals surface area contributed by atoms with Gasteiger partial charge in [0.05, 0.1) is 23.2 Å². The highest BCUT2D eigenvalue weighted by atomic mass is 35.5. The zero-order chi connectivity index (χ0) is 20.7. The molecule has 0 aliphatic rings. The Morgan fingerprint density at radius 1 is 1.18 bits per heavy atom. The number of amides is 2. The molecule has 2 rings (SSSR count). The van der Waals surface area contributed by atoms with Crippen LogP contribution in [0.1, 0.15) is 10.4 Å². The molecule has 28 heavy (non-hydrogen) atoms. The molecule has 0 fully saturated rings. The lowest BCUT2D eigenvalue weighted by Crippen LogP contribution is -2.37. The minimum atomic E-state index is -3.74. The summed E-state index contributed by atoms with van der Waals surface area (Å²) in [5.41, 5.74) is 0.794. The molecule has 0 atom stereocenters. The van der Waals surface area contributed by atoms with Crippen molar-refractivity contribution in [2.45, 2.75) is 0 Å². The van der Waals surface area contributed by atoms with Crippen LogP contribution in [-0.2, 0) is 14.8 Å². The first-order valence-electron chi connectivity index (χ1n) is 8.23. The Kier molecular flexibility index (Phi) is 7.19. The number of anilines is 2. The third-order valence-electron chi connectivity index (χ3n) is 3.64. The minimum Gasteiger partial charge on any atom is -0.349 e. The number of sulfonamides is 1. The number of nitrogens with zero attached hydrogens (tertiary/aromatic N) is 1. The molecule has 0 aromatic heterocycles. The molecule has 2 aromatic rings. The molecule has 7 nitrogen and oxygen atoms in total. The number of nitrogens with one attached hydrogen (secondary N) is 2. The van der Waals surface area contributed by atoms with Crippen molar-refractivity contribution in [1.82, 2.24) is 5.32 Å². The molecule has 0 unspecified atom stereocenters. The second-order valence-electron chi connectivity index (χ2n) is 5.84. The molecular formula is C19H20ClN3O4S. The average Bonchev–Trinajstić information content (AvgIpc) is 2.63. The van der Waals surface area contributed by atoms with Crippen molar-refractivity contribution in [1.29, 1.82) is 0 Å². The molecule has 2 aromatic carbocycles. The molecular weight excluding hydrogens is 402 g/mol. The number of carbonyl (C=O) groups is 2. The Labute approximate surface area is 169 Å². The van der Waals surface area contributed by atoms with Gasteiger partial charge < -0.3 is 10.6 Å². The summed E-state index contributed by atoms with van der Waals surface area (Å²) in [6.07, 6.45) is 2.53. The van der Waals surface area contributed by atoms with Crippen LogP contribution in [0.5, 0.6) is 0 Å². The van der Waals surface area contributed by atoms with Gasteiger partial charge in [-0.05, 0) is 30.3 Å². The van der Waals surface area contributed by atoms with Crippen molar-refractivity contribution in [3.63, 3.8) is 0 Å². The van der Waals surface area contributed by atoms with E-state index in [0.29, 0.717) is 5.02 Å². The van der Waals surface area contributed by atoms with Crippen LogP contribution in [0.25, 0.3) is 0 Å². The fraction of sp³-hybridized carbons (Fsp3) is 0.158. The largest absolute Gasteiger partial charge is 0.349 e. The quantitative estimate of drug-likeness (QED) is 0.640. The summed E-state index contributed by atoms with van der Waals surface area (Å²) >= 11 is 5.93. The summed E-state index contributed by atoms with van der Waals surface area (Å²) in [5.74, 6) is -0.986. The Hall–Kier alpha value is -2.84. The molecule has 0 saturated carbocycles. The van der Waals surface area contributed by atoms with Crippen molar-refractivity contribution in [2.75, 3.05) is 29.0 Å². The Bertz CT molecular complexity index is 992. The molecule has 148 valence electrons. The van der Waals surface area contributed by atoms with E-state index < -0.39 is 22.5 Å². The van der Waals surface area contributed by atoms with Gasteiger partial charge in [-0.3, -0.25) is 13.9 Å². The van der Waals surface area contributed by atoms with E-state index in [2.05, 4.69) is 17.2 Å². The topological polar surface area (TPSA) is 95.6 Å². The first kappa shape index (κ1) is 21.5. The van der Waals surface area contributed by atoms with Gasteiger partial charge in [0.15, 0.2) is 0 Å². The SMILES string of the molecule is C=CCNC(=O)c1ccccc1NC(=O)CN(c1cccc(Cl)c1)S(C)(=O)=O. The Balaban J connectivity index is 2.22. The average molecular weight is 422 g/mol. The summed E-state index contributed by atoms with van der Waals surface area (Å²) < 4.78 is 25.2. The molecule has 2 N–H and O–H groups in total. The van der Waals surface area contributed by atoms with Crippen LogP contribution in [-0.4, -0.2) is 39.6 Å². The number of para-hydroxylation sites is 1. The van der Waals surface area contributed by atoms with Gasteiger partial charge >= 0.3 is 0 Å². The number of hydrogen-bond acceptors (Lipinski definition) is 4. The lowest BCUT2D eigenvalue weighted by molar-refractivity contribution is -0.114. The molecule has 2 amide bonds. The van der Waals surface area contributed by atoms with E-state index in [9.17, 15) is 18.0 Å². The van der Waals surface area contributed by atoms with Crippen molar-refractivity contribution in [3.05, 3.63) is 71.8 Å². The summed E-state index contributed by atoms with van der Waals surface area (Å²) in [7, 11) is -3.74. The predicted octanol–water partition coefficient (Wildman–Crippen LogP) is 2.66. The van der Waals surface area contributed by atoms with E-state index in [1.165, 1.54) is 18.2 Å². The Morgan fingerprint density at radius 2 is 1.89 bits per heavy atom. The van der Waals surface area contributed by atoms with E-state index in [-0.39, 0.29) is 29.4 Å². The first-order valence-corrected chi connectivity index (χ1v) is 10.5. The predicted molar refractivity (Wildman–Crippen MR) is 111 cm³/mol. The van der Waals surface area contributed by atoms with Crippen LogP contribution < -0.4 is 14.9 Å². The fourth-order valence-corrected chi connectivity index (χ4v) is 3.43. The molecule has 0 spiro atoms. The molecule has 0 aliphatic heterocycles. The first-order chi connectivity index (χ1) is 13.2. The second-order valence-corrected chi connectivity index (χ2v) is 8.19. The molecule has 0 radical (unpaired) electrons. The van der Waals surface area contributed by atoms with E-state index in [4.69, 9.17) is 11.6 Å². The maximum atomic E-state index is 12.5. The lowest BCUT2D eigenvalue weighted by atomic mass is 10.1. The van der Waals surface area contributed by atoms with Crippen LogP contribution in [0.3, 0.4) is 0 Å². The third kappa shape index (κ3) is 5.83. The number of hydrogen-bond donors (Lipinski definition) is 2.